The molecule has 5 nitrogen and oxygen atoms in total. The molecule has 1 aromatic heterocycles. The second-order valence-electron chi connectivity index (χ2n) is 4.66. The lowest BCUT2D eigenvalue weighted by molar-refractivity contribution is -0.383. The van der Waals surface area contributed by atoms with Crippen molar-refractivity contribution in [3.05, 3.63) is 45.9 Å². The summed E-state index contributed by atoms with van der Waals surface area (Å²) in [4.78, 5) is 14.4. The Balaban J connectivity index is 2.58. The third-order valence-corrected chi connectivity index (χ3v) is 3.18. The number of nitro groups is 1. The van der Waals surface area contributed by atoms with Crippen molar-refractivity contribution in [2.45, 2.75) is 32.3 Å². The molecule has 0 radical (unpaired) electrons. The number of benzene rings is 1. The van der Waals surface area contributed by atoms with Gasteiger partial charge in [-0.3, -0.25) is 15.1 Å². The van der Waals surface area contributed by atoms with Gasteiger partial charge >= 0.3 is 0 Å². The van der Waals surface area contributed by atoms with E-state index in [1.807, 2.05) is 6.92 Å². The van der Waals surface area contributed by atoms with Gasteiger partial charge in [0, 0.05) is 18.2 Å². The Morgan fingerprint density at radius 3 is 2.95 bits per heavy atom. The van der Waals surface area contributed by atoms with Crippen molar-refractivity contribution in [1.29, 1.82) is 0 Å². The fourth-order valence-corrected chi connectivity index (χ4v) is 2.27. The molecule has 1 aromatic carbocycles. The zero-order valence-electron chi connectivity index (χ0n) is 11.0. The SMILES string of the molecule is CCCC(O)Cc1c(F)cc([N+](=O)[O-])c2cccnc12. The Bertz CT molecular complexity index is 646. The van der Waals surface area contributed by atoms with Crippen LogP contribution in [0.3, 0.4) is 0 Å². The molecule has 0 bridgehead atoms. The monoisotopic (exact) mass is 278 g/mol. The molecule has 0 saturated carbocycles. The summed E-state index contributed by atoms with van der Waals surface area (Å²) >= 11 is 0. The van der Waals surface area contributed by atoms with Gasteiger partial charge in [0.25, 0.3) is 5.69 Å². The van der Waals surface area contributed by atoms with Crippen LogP contribution in [0.2, 0.25) is 0 Å². The summed E-state index contributed by atoms with van der Waals surface area (Å²) in [5.74, 6) is -0.696. The maximum atomic E-state index is 14.1. The number of halogens is 1. The highest BCUT2D eigenvalue weighted by Gasteiger charge is 2.21. The van der Waals surface area contributed by atoms with Crippen molar-refractivity contribution in [2.75, 3.05) is 0 Å². The number of pyridine rings is 1. The highest BCUT2D eigenvalue weighted by atomic mass is 19.1. The fraction of sp³-hybridized carbons (Fsp3) is 0.357. The van der Waals surface area contributed by atoms with Crippen LogP contribution in [0.25, 0.3) is 10.9 Å². The average molecular weight is 278 g/mol. The van der Waals surface area contributed by atoms with Gasteiger partial charge in [-0.1, -0.05) is 13.3 Å². The molecule has 1 unspecified atom stereocenters. The fourth-order valence-electron chi connectivity index (χ4n) is 2.27. The smallest absolute Gasteiger partial charge is 0.281 e. The standard InChI is InChI=1S/C14H15FN2O3/c1-2-4-9(18)7-11-12(15)8-13(17(19)20)10-5-3-6-16-14(10)11/h3,5-6,8-9,18H,2,4,7H2,1H3. The van der Waals surface area contributed by atoms with E-state index in [0.29, 0.717) is 6.42 Å². The van der Waals surface area contributed by atoms with E-state index in [0.717, 1.165) is 12.5 Å². The van der Waals surface area contributed by atoms with Crippen LogP contribution in [-0.4, -0.2) is 21.1 Å². The van der Waals surface area contributed by atoms with Crippen LogP contribution >= 0.6 is 0 Å². The van der Waals surface area contributed by atoms with E-state index < -0.39 is 16.8 Å². The molecule has 1 heterocycles. The van der Waals surface area contributed by atoms with E-state index in [4.69, 9.17) is 0 Å². The van der Waals surface area contributed by atoms with E-state index in [-0.39, 0.29) is 28.6 Å². The minimum Gasteiger partial charge on any atom is -0.393 e. The number of aliphatic hydroxyl groups is 1. The number of non-ortho nitro benzene ring substituents is 1. The van der Waals surface area contributed by atoms with Gasteiger partial charge in [-0.2, -0.15) is 0 Å². The van der Waals surface area contributed by atoms with Crippen molar-refractivity contribution in [3.8, 4) is 0 Å². The number of nitro benzene ring substituents is 1. The minimum absolute atomic E-state index is 0.102. The summed E-state index contributed by atoms with van der Waals surface area (Å²) in [7, 11) is 0. The molecule has 1 N–H and O–H groups in total. The molecule has 0 aliphatic rings. The van der Waals surface area contributed by atoms with Crippen molar-refractivity contribution in [3.63, 3.8) is 0 Å². The Morgan fingerprint density at radius 2 is 2.30 bits per heavy atom. The predicted octanol–water partition coefficient (Wildman–Crippen LogP) is 2.99. The van der Waals surface area contributed by atoms with Gasteiger partial charge in [0.2, 0.25) is 0 Å². The minimum atomic E-state index is -0.696. The molecular formula is C14H15FN2O3. The second kappa shape index (κ2) is 5.92. The maximum Gasteiger partial charge on any atom is 0.281 e. The summed E-state index contributed by atoms with van der Waals surface area (Å²) in [6, 6.07) is 4.01. The Hall–Kier alpha value is -2.08. The van der Waals surface area contributed by atoms with E-state index >= 15 is 0 Å². The molecule has 0 fully saturated rings. The first-order valence-electron chi connectivity index (χ1n) is 6.43. The van der Waals surface area contributed by atoms with Crippen LogP contribution in [0.1, 0.15) is 25.3 Å². The number of aromatic nitrogens is 1. The molecule has 1 atom stereocenters. The van der Waals surface area contributed by atoms with Gasteiger partial charge in [0.15, 0.2) is 0 Å². The topological polar surface area (TPSA) is 76.3 Å². The summed E-state index contributed by atoms with van der Waals surface area (Å²) in [6.07, 6.45) is 2.21. The molecule has 106 valence electrons. The molecule has 2 rings (SSSR count). The lowest BCUT2D eigenvalue weighted by atomic mass is 10.00. The molecule has 0 amide bonds. The van der Waals surface area contributed by atoms with Crippen LogP contribution < -0.4 is 0 Å². The average Bonchev–Trinajstić information content (AvgIpc) is 2.41. The summed E-state index contributed by atoms with van der Waals surface area (Å²) in [5.41, 5.74) is 0.167. The first kappa shape index (κ1) is 14.3. The van der Waals surface area contributed by atoms with Crippen LogP contribution in [0, 0.1) is 15.9 Å². The number of rotatable bonds is 5. The van der Waals surface area contributed by atoms with Gasteiger partial charge in [-0.15, -0.1) is 0 Å². The number of hydrogen-bond donors (Lipinski definition) is 1. The Morgan fingerprint density at radius 1 is 1.55 bits per heavy atom. The lowest BCUT2D eigenvalue weighted by Gasteiger charge is -2.12. The molecule has 0 aliphatic heterocycles. The molecule has 0 aliphatic carbocycles. The van der Waals surface area contributed by atoms with Crippen molar-refractivity contribution >= 4 is 16.6 Å². The molecular weight excluding hydrogens is 263 g/mol. The largest absolute Gasteiger partial charge is 0.393 e. The molecule has 20 heavy (non-hydrogen) atoms. The number of hydrogen-bond acceptors (Lipinski definition) is 4. The van der Waals surface area contributed by atoms with Crippen LogP contribution in [0.15, 0.2) is 24.4 Å². The first-order valence-corrected chi connectivity index (χ1v) is 6.43. The van der Waals surface area contributed by atoms with Crippen molar-refractivity contribution < 1.29 is 14.4 Å². The van der Waals surface area contributed by atoms with Gasteiger partial charge in [-0.25, -0.2) is 4.39 Å². The summed E-state index contributed by atoms with van der Waals surface area (Å²) < 4.78 is 14.1. The molecule has 6 heteroatoms. The lowest BCUT2D eigenvalue weighted by Crippen LogP contribution is -2.12. The predicted molar refractivity (Wildman–Crippen MR) is 73.0 cm³/mol. The third kappa shape index (κ3) is 2.75. The van der Waals surface area contributed by atoms with Crippen molar-refractivity contribution in [2.24, 2.45) is 0 Å². The van der Waals surface area contributed by atoms with Crippen molar-refractivity contribution in [1.82, 2.24) is 4.98 Å². The normalized spacial score (nSPS) is 12.6. The zero-order valence-corrected chi connectivity index (χ0v) is 11.0. The van der Waals surface area contributed by atoms with E-state index in [1.165, 1.54) is 12.3 Å². The quantitative estimate of drug-likeness (QED) is 0.673. The van der Waals surface area contributed by atoms with E-state index in [2.05, 4.69) is 4.98 Å². The van der Waals surface area contributed by atoms with Gasteiger partial charge in [-0.05, 0) is 18.6 Å². The Labute approximate surface area is 115 Å². The molecule has 2 aromatic rings. The summed E-state index contributed by atoms with van der Waals surface area (Å²) in [5, 5.41) is 21.1. The highest BCUT2D eigenvalue weighted by Crippen LogP contribution is 2.30. The number of fused-ring (bicyclic) bond motifs is 1. The number of aliphatic hydroxyl groups excluding tert-OH is 1. The second-order valence-corrected chi connectivity index (χ2v) is 4.66. The highest BCUT2D eigenvalue weighted by molar-refractivity contribution is 5.90. The summed E-state index contributed by atoms with van der Waals surface area (Å²) in [6.45, 7) is 1.92. The van der Waals surface area contributed by atoms with E-state index in [9.17, 15) is 19.6 Å². The molecule has 0 spiro atoms. The van der Waals surface area contributed by atoms with Crippen LogP contribution in [0.4, 0.5) is 10.1 Å². The van der Waals surface area contributed by atoms with Gasteiger partial charge in [0.05, 0.1) is 28.0 Å². The molecule has 0 saturated heterocycles. The van der Waals surface area contributed by atoms with Crippen LogP contribution in [0.5, 0.6) is 0 Å². The Kier molecular flexibility index (Phi) is 4.24. The first-order chi connectivity index (χ1) is 9.54. The van der Waals surface area contributed by atoms with Gasteiger partial charge < -0.3 is 5.11 Å². The third-order valence-electron chi connectivity index (χ3n) is 3.18. The van der Waals surface area contributed by atoms with Crippen LogP contribution in [-0.2, 0) is 6.42 Å². The van der Waals surface area contributed by atoms with E-state index in [1.54, 1.807) is 6.07 Å². The number of nitrogens with zero attached hydrogens (tertiary/aromatic N) is 2. The maximum absolute atomic E-state index is 14.1. The zero-order chi connectivity index (χ0) is 14.7. The van der Waals surface area contributed by atoms with Gasteiger partial charge in [0.1, 0.15) is 5.82 Å².